The van der Waals surface area contributed by atoms with Crippen LogP contribution in [0.25, 0.3) is 5.76 Å². The number of nitrogens with zero attached hydrogens (tertiary/aromatic N) is 2. The van der Waals surface area contributed by atoms with Crippen LogP contribution in [-0.4, -0.2) is 73.1 Å². The summed E-state index contributed by atoms with van der Waals surface area (Å²) in [4.78, 5) is 29.9. The summed E-state index contributed by atoms with van der Waals surface area (Å²) in [5.41, 5.74) is 1.39. The minimum Gasteiger partial charge on any atom is -0.507 e. The van der Waals surface area contributed by atoms with E-state index < -0.39 is 17.7 Å². The molecule has 168 valence electrons. The molecule has 0 radical (unpaired) electrons. The zero-order chi connectivity index (χ0) is 22.5. The minimum atomic E-state index is -0.654. The zero-order valence-corrected chi connectivity index (χ0v) is 18.2. The predicted molar refractivity (Wildman–Crippen MR) is 120 cm³/mol. The Hall–Kier alpha value is -3.16. The van der Waals surface area contributed by atoms with Crippen LogP contribution in [0.1, 0.15) is 23.6 Å². The third kappa shape index (κ3) is 4.54. The van der Waals surface area contributed by atoms with Crippen LogP contribution in [0.5, 0.6) is 5.75 Å². The second-order valence-corrected chi connectivity index (χ2v) is 7.94. The number of hydrogen-bond donors (Lipinski definition) is 1. The summed E-state index contributed by atoms with van der Waals surface area (Å²) in [6.45, 7) is 4.44. The Morgan fingerprint density at radius 3 is 2.38 bits per heavy atom. The lowest BCUT2D eigenvalue weighted by Gasteiger charge is -2.29. The molecule has 2 fully saturated rings. The first-order valence-electron chi connectivity index (χ1n) is 10.9. The number of morpholine rings is 1. The first-order valence-corrected chi connectivity index (χ1v) is 10.9. The molecule has 2 aliphatic rings. The van der Waals surface area contributed by atoms with Gasteiger partial charge in [-0.25, -0.2) is 0 Å². The number of aliphatic hydroxyl groups excluding tert-OH is 1. The Morgan fingerprint density at radius 2 is 1.72 bits per heavy atom. The van der Waals surface area contributed by atoms with E-state index >= 15 is 0 Å². The molecule has 0 aliphatic carbocycles. The van der Waals surface area contributed by atoms with Crippen LogP contribution in [0.15, 0.2) is 60.2 Å². The number of amides is 1. The quantitative estimate of drug-likeness (QED) is 0.409. The van der Waals surface area contributed by atoms with Gasteiger partial charge in [0.25, 0.3) is 11.7 Å². The zero-order valence-electron chi connectivity index (χ0n) is 18.2. The molecule has 1 N–H and O–H groups in total. The van der Waals surface area contributed by atoms with E-state index in [-0.39, 0.29) is 11.3 Å². The molecule has 0 spiro atoms. The van der Waals surface area contributed by atoms with E-state index in [0.717, 1.165) is 44.8 Å². The number of ether oxygens (including phenoxy) is 2. The van der Waals surface area contributed by atoms with Crippen molar-refractivity contribution in [3.63, 3.8) is 0 Å². The molecule has 2 aromatic carbocycles. The van der Waals surface area contributed by atoms with Crippen molar-refractivity contribution < 1.29 is 24.2 Å². The van der Waals surface area contributed by atoms with Gasteiger partial charge in [0.05, 0.1) is 31.9 Å². The number of benzene rings is 2. The highest BCUT2D eigenvalue weighted by atomic mass is 16.5. The summed E-state index contributed by atoms with van der Waals surface area (Å²) in [7, 11) is 1.56. The highest BCUT2D eigenvalue weighted by Crippen LogP contribution is 2.39. The van der Waals surface area contributed by atoms with Crippen molar-refractivity contribution in [1.82, 2.24) is 9.80 Å². The average molecular weight is 437 g/mol. The summed E-state index contributed by atoms with van der Waals surface area (Å²) in [6.07, 6.45) is 0.735. The standard InChI is InChI=1S/C25H28N2O5/c1-31-20-10-8-19(9-11-20)23(28)21-22(18-6-3-2-4-7-18)27(25(30)24(21)29)13-5-12-26-14-16-32-17-15-26/h2-4,6-11,22,28H,5,12-17H2,1H3/b23-21+/t22-/m0/s1. The third-order valence-corrected chi connectivity index (χ3v) is 6.00. The Labute approximate surface area is 187 Å². The molecular formula is C25H28N2O5. The van der Waals surface area contributed by atoms with Gasteiger partial charge in [-0.2, -0.15) is 0 Å². The molecule has 0 unspecified atom stereocenters. The van der Waals surface area contributed by atoms with E-state index in [2.05, 4.69) is 4.90 Å². The van der Waals surface area contributed by atoms with Gasteiger partial charge in [-0.15, -0.1) is 0 Å². The largest absolute Gasteiger partial charge is 0.507 e. The Morgan fingerprint density at radius 1 is 1.03 bits per heavy atom. The molecule has 2 aliphatic heterocycles. The number of likely N-dealkylation sites (tertiary alicyclic amines) is 1. The van der Waals surface area contributed by atoms with Crippen molar-refractivity contribution >= 4 is 17.4 Å². The molecule has 1 atom stereocenters. The monoisotopic (exact) mass is 436 g/mol. The number of ketones is 1. The number of hydrogen-bond acceptors (Lipinski definition) is 6. The number of carbonyl (C=O) groups excluding carboxylic acids is 2. The van der Waals surface area contributed by atoms with E-state index in [1.54, 1.807) is 36.3 Å². The van der Waals surface area contributed by atoms with Gasteiger partial charge in [0.15, 0.2) is 0 Å². The van der Waals surface area contributed by atoms with Gasteiger partial charge >= 0.3 is 0 Å². The minimum absolute atomic E-state index is 0.123. The highest BCUT2D eigenvalue weighted by molar-refractivity contribution is 6.46. The van der Waals surface area contributed by atoms with E-state index in [0.29, 0.717) is 17.9 Å². The van der Waals surface area contributed by atoms with E-state index in [1.165, 1.54) is 0 Å². The fraction of sp³-hybridized carbons (Fsp3) is 0.360. The second-order valence-electron chi connectivity index (χ2n) is 7.94. The first kappa shape index (κ1) is 22.0. The van der Waals surface area contributed by atoms with Crippen molar-refractivity contribution in [3.8, 4) is 5.75 Å². The van der Waals surface area contributed by atoms with Gasteiger partial charge < -0.3 is 19.5 Å². The van der Waals surface area contributed by atoms with Gasteiger partial charge in [-0.3, -0.25) is 14.5 Å². The predicted octanol–water partition coefficient (Wildman–Crippen LogP) is 2.84. The fourth-order valence-corrected chi connectivity index (χ4v) is 4.29. The molecule has 2 aromatic rings. The van der Waals surface area contributed by atoms with Gasteiger partial charge in [0.2, 0.25) is 0 Å². The smallest absolute Gasteiger partial charge is 0.295 e. The maximum Gasteiger partial charge on any atom is 0.295 e. The van der Waals surface area contributed by atoms with Gasteiger partial charge in [-0.1, -0.05) is 30.3 Å². The Kier molecular flexibility index (Phi) is 6.87. The van der Waals surface area contributed by atoms with E-state index in [1.807, 2.05) is 30.3 Å². The highest BCUT2D eigenvalue weighted by Gasteiger charge is 2.45. The summed E-state index contributed by atoms with van der Waals surface area (Å²) < 4.78 is 10.6. The first-order chi connectivity index (χ1) is 15.6. The number of rotatable bonds is 7. The lowest BCUT2D eigenvalue weighted by Crippen LogP contribution is -2.38. The SMILES string of the molecule is COc1ccc(/C(O)=C2\C(=O)C(=O)N(CCCN3CCOCC3)[C@H]2c2ccccc2)cc1. The molecule has 4 rings (SSSR count). The van der Waals surface area contributed by atoms with Crippen molar-refractivity contribution in [2.45, 2.75) is 12.5 Å². The number of methoxy groups -OCH3 is 1. The Balaban J connectivity index is 1.64. The van der Waals surface area contributed by atoms with Crippen molar-refractivity contribution in [3.05, 3.63) is 71.3 Å². The molecule has 7 nitrogen and oxygen atoms in total. The molecule has 0 bridgehead atoms. The number of Topliss-reactive ketones (excluding diaryl/α,β-unsaturated/α-hetero) is 1. The molecule has 2 saturated heterocycles. The van der Waals surface area contributed by atoms with Gasteiger partial charge in [0.1, 0.15) is 11.5 Å². The average Bonchev–Trinajstić information content (AvgIpc) is 3.10. The summed E-state index contributed by atoms with van der Waals surface area (Å²) in [5.74, 6) is -0.755. The molecule has 0 saturated carbocycles. The third-order valence-electron chi connectivity index (χ3n) is 6.00. The summed E-state index contributed by atoms with van der Waals surface area (Å²) >= 11 is 0. The van der Waals surface area contributed by atoms with Crippen molar-refractivity contribution in [2.24, 2.45) is 0 Å². The van der Waals surface area contributed by atoms with Crippen LogP contribution in [0.4, 0.5) is 0 Å². The lowest BCUT2D eigenvalue weighted by molar-refractivity contribution is -0.140. The molecule has 32 heavy (non-hydrogen) atoms. The normalized spacial score (nSPS) is 21.2. The van der Waals surface area contributed by atoms with Gasteiger partial charge in [0, 0.05) is 31.7 Å². The topological polar surface area (TPSA) is 79.3 Å². The van der Waals surface area contributed by atoms with Crippen LogP contribution in [-0.2, 0) is 14.3 Å². The maximum absolute atomic E-state index is 13.0. The summed E-state index contributed by atoms with van der Waals surface area (Å²) in [6, 6.07) is 15.6. The Bertz CT molecular complexity index is 981. The number of carbonyl (C=O) groups is 2. The van der Waals surface area contributed by atoms with E-state index in [9.17, 15) is 14.7 Å². The van der Waals surface area contributed by atoms with Crippen LogP contribution < -0.4 is 4.74 Å². The van der Waals surface area contributed by atoms with Crippen molar-refractivity contribution in [1.29, 1.82) is 0 Å². The molecule has 7 heteroatoms. The van der Waals surface area contributed by atoms with Crippen LogP contribution in [0, 0.1) is 0 Å². The number of aliphatic hydroxyl groups is 1. The maximum atomic E-state index is 13.0. The van der Waals surface area contributed by atoms with Crippen LogP contribution >= 0.6 is 0 Å². The molecule has 1 amide bonds. The van der Waals surface area contributed by atoms with E-state index in [4.69, 9.17) is 9.47 Å². The lowest BCUT2D eigenvalue weighted by atomic mass is 9.95. The van der Waals surface area contributed by atoms with Crippen molar-refractivity contribution in [2.75, 3.05) is 46.5 Å². The summed E-state index contributed by atoms with van der Waals surface area (Å²) in [5, 5.41) is 11.1. The van der Waals surface area contributed by atoms with Crippen LogP contribution in [0.3, 0.4) is 0 Å². The van der Waals surface area contributed by atoms with Gasteiger partial charge in [-0.05, 0) is 36.2 Å². The molecular weight excluding hydrogens is 408 g/mol. The molecule has 0 aromatic heterocycles. The second kappa shape index (κ2) is 9.97. The fourth-order valence-electron chi connectivity index (χ4n) is 4.29. The van der Waals surface area contributed by atoms with Crippen LogP contribution in [0.2, 0.25) is 0 Å². The molecule has 2 heterocycles.